The number of aromatic amines is 1. The summed E-state index contributed by atoms with van der Waals surface area (Å²) in [6.45, 7) is 6.02. The number of aromatic nitrogens is 1. The van der Waals surface area contributed by atoms with Crippen LogP contribution in [0.1, 0.15) is 39.3 Å². The number of rotatable bonds is 8. The zero-order valence-corrected chi connectivity index (χ0v) is 22.9. The lowest BCUT2D eigenvalue weighted by atomic mass is 10.0. The number of hydrogen-bond acceptors (Lipinski definition) is 8. The molecule has 0 saturated carbocycles. The number of aliphatic carboxylic acids is 2. The summed E-state index contributed by atoms with van der Waals surface area (Å²) in [6.07, 6.45) is -0.869. The Hall–Kier alpha value is -4.11. The van der Waals surface area contributed by atoms with Crippen LogP contribution in [0.2, 0.25) is 0 Å². The van der Waals surface area contributed by atoms with Crippen LogP contribution < -0.4 is 5.32 Å². The molecule has 4 heterocycles. The zero-order valence-electron chi connectivity index (χ0n) is 22.9. The van der Waals surface area contributed by atoms with Crippen molar-refractivity contribution in [2.24, 2.45) is 0 Å². The third kappa shape index (κ3) is 7.20. The van der Waals surface area contributed by atoms with Crippen molar-refractivity contribution in [2.45, 2.75) is 32.0 Å². The quantitative estimate of drug-likeness (QED) is 0.237. The number of nitrogens with one attached hydrogen (secondary N) is 2. The number of benzene rings is 1. The van der Waals surface area contributed by atoms with Gasteiger partial charge in [-0.1, -0.05) is 0 Å². The molecule has 0 bridgehead atoms. The fourth-order valence-corrected chi connectivity index (χ4v) is 5.08. The third-order valence-electron chi connectivity index (χ3n) is 7.21. The van der Waals surface area contributed by atoms with E-state index in [1.165, 1.54) is 12.1 Å². The lowest BCUT2D eigenvalue weighted by molar-refractivity contribution is -0.152. The first kappa shape index (κ1) is 30.8. The Balaban J connectivity index is 0.000000392. The fraction of sp³-hybridized carbons (Fsp3) is 0.429. The number of anilines is 1. The van der Waals surface area contributed by atoms with Crippen LogP contribution in [-0.2, 0) is 25.5 Å². The number of aliphatic hydroxyl groups excluding tert-OH is 2. The van der Waals surface area contributed by atoms with E-state index >= 15 is 0 Å². The maximum atomic E-state index is 13.8. The highest BCUT2D eigenvalue weighted by Gasteiger charge is 2.32. The van der Waals surface area contributed by atoms with Gasteiger partial charge in [0, 0.05) is 61.8 Å². The molecule has 0 radical (unpaired) electrons. The Kier molecular flexibility index (Phi) is 9.73. The number of halogens is 1. The summed E-state index contributed by atoms with van der Waals surface area (Å²) in [5, 5.41) is 37.4. The van der Waals surface area contributed by atoms with Crippen LogP contribution in [0.4, 0.5) is 10.1 Å². The second-order valence-corrected chi connectivity index (χ2v) is 10.2. The second-order valence-electron chi connectivity index (χ2n) is 10.2. The molecule has 6 N–H and O–H groups in total. The molecule has 2 aromatic rings. The van der Waals surface area contributed by atoms with Crippen molar-refractivity contribution in [2.75, 3.05) is 51.3 Å². The van der Waals surface area contributed by atoms with Gasteiger partial charge in [0.15, 0.2) is 6.10 Å². The second kappa shape index (κ2) is 13.2. The summed E-state index contributed by atoms with van der Waals surface area (Å²) in [5.41, 5.74) is 4.24. The van der Waals surface area contributed by atoms with E-state index in [9.17, 15) is 28.7 Å². The summed E-state index contributed by atoms with van der Waals surface area (Å²) in [4.78, 5) is 52.2. The molecule has 1 saturated heterocycles. The van der Waals surface area contributed by atoms with E-state index in [0.717, 1.165) is 24.3 Å². The molecule has 3 aliphatic heterocycles. The van der Waals surface area contributed by atoms with Gasteiger partial charge in [-0.05, 0) is 36.8 Å². The lowest BCUT2D eigenvalue weighted by Crippen LogP contribution is -2.47. The molecule has 14 heteroatoms. The smallest absolute Gasteiger partial charge is 0.333 e. The van der Waals surface area contributed by atoms with Gasteiger partial charge < -0.3 is 40.4 Å². The summed E-state index contributed by atoms with van der Waals surface area (Å²) < 4.78 is 19.1. The van der Waals surface area contributed by atoms with Crippen molar-refractivity contribution in [3.8, 4) is 0 Å². The zero-order chi connectivity index (χ0) is 30.6. The number of nitrogens with zero attached hydrogens (tertiary/aromatic N) is 2. The number of morpholine rings is 1. The largest absolute Gasteiger partial charge is 0.481 e. The molecule has 5 rings (SSSR count). The van der Waals surface area contributed by atoms with Gasteiger partial charge in [0.05, 0.1) is 36.9 Å². The predicted octanol–water partition coefficient (Wildman–Crippen LogP) is 0.553. The van der Waals surface area contributed by atoms with Crippen molar-refractivity contribution in [3.63, 3.8) is 0 Å². The first-order valence-electron chi connectivity index (χ1n) is 13.4. The van der Waals surface area contributed by atoms with Crippen LogP contribution in [0.15, 0.2) is 18.2 Å². The molecule has 2 amide bonds. The van der Waals surface area contributed by atoms with E-state index in [1.807, 2.05) is 6.92 Å². The number of aliphatic hydroxyl groups is 2. The standard InChI is InChI=1S/C24H27FN4O4.C4H6O5/c1-14-21(11-18-17-10-15(25)2-3-19(17)27-23(18)31)26-20-4-5-29(24(32)22(14)20)13-16(30)12-28-6-8-33-9-7-28;5-2(4(8)9)1-3(6)7/h2-3,10-11,16,26,30H,4-9,12-13H2,1H3,(H,27,31);2,5H,1H2,(H,6,7)(H,8,9)/b18-11-;/t16-;2-/m11/s1. The number of carboxylic acid groups (broad SMARTS) is 2. The van der Waals surface area contributed by atoms with Gasteiger partial charge in [-0.3, -0.25) is 19.3 Å². The summed E-state index contributed by atoms with van der Waals surface area (Å²) in [6, 6.07) is 4.18. The number of H-pyrrole nitrogens is 1. The first-order chi connectivity index (χ1) is 19.9. The van der Waals surface area contributed by atoms with Gasteiger partial charge in [-0.2, -0.15) is 0 Å². The third-order valence-corrected chi connectivity index (χ3v) is 7.21. The topological polar surface area (TPSA) is 193 Å². The molecule has 1 fully saturated rings. The van der Waals surface area contributed by atoms with Gasteiger partial charge in [-0.25, -0.2) is 9.18 Å². The van der Waals surface area contributed by atoms with Gasteiger partial charge in [0.25, 0.3) is 11.8 Å². The number of carbonyl (C=O) groups excluding carboxylic acids is 2. The number of ether oxygens (including phenoxy) is 1. The van der Waals surface area contributed by atoms with Crippen molar-refractivity contribution in [1.82, 2.24) is 14.8 Å². The SMILES string of the molecule is Cc1c(/C=C2\C(=O)Nc3ccc(F)cc32)[nH]c2c1C(=O)N(C[C@H](O)CN1CCOCC1)CC2.O=C(O)C[C@@H](O)C(=O)O. The molecular weight excluding hydrogens is 555 g/mol. The molecule has 1 aromatic heterocycles. The minimum atomic E-state index is -1.79. The summed E-state index contributed by atoms with van der Waals surface area (Å²) >= 11 is 0. The van der Waals surface area contributed by atoms with Crippen LogP contribution in [0.5, 0.6) is 0 Å². The van der Waals surface area contributed by atoms with Crippen LogP contribution in [0, 0.1) is 12.7 Å². The number of β-amino-alcohol motifs (C(OH)–C–C–N with tert-alkyl or cyclic N) is 1. The Morgan fingerprint density at radius 2 is 1.83 bits per heavy atom. The molecule has 1 aromatic carbocycles. The predicted molar refractivity (Wildman–Crippen MR) is 147 cm³/mol. The Morgan fingerprint density at radius 1 is 1.12 bits per heavy atom. The van der Waals surface area contributed by atoms with Gasteiger partial charge in [0.1, 0.15) is 5.82 Å². The van der Waals surface area contributed by atoms with E-state index in [4.69, 9.17) is 20.1 Å². The minimum absolute atomic E-state index is 0.127. The van der Waals surface area contributed by atoms with E-state index in [2.05, 4.69) is 15.2 Å². The lowest BCUT2D eigenvalue weighted by Gasteiger charge is -2.32. The first-order valence-corrected chi connectivity index (χ1v) is 13.4. The maximum Gasteiger partial charge on any atom is 0.333 e. The van der Waals surface area contributed by atoms with E-state index in [1.54, 1.807) is 17.0 Å². The summed E-state index contributed by atoms with van der Waals surface area (Å²) in [7, 11) is 0. The maximum absolute atomic E-state index is 13.8. The Morgan fingerprint density at radius 3 is 2.48 bits per heavy atom. The van der Waals surface area contributed by atoms with Crippen LogP contribution >= 0.6 is 0 Å². The van der Waals surface area contributed by atoms with Gasteiger partial charge >= 0.3 is 11.9 Å². The molecule has 3 aliphatic rings. The Bertz CT molecular complexity index is 1400. The van der Waals surface area contributed by atoms with E-state index in [-0.39, 0.29) is 18.4 Å². The molecular formula is C28H33FN4O9. The average Bonchev–Trinajstić information content (AvgIpc) is 3.42. The highest BCUT2D eigenvalue weighted by atomic mass is 19.1. The van der Waals surface area contributed by atoms with Crippen molar-refractivity contribution in [3.05, 3.63) is 52.1 Å². The van der Waals surface area contributed by atoms with Crippen molar-refractivity contribution >= 4 is 41.1 Å². The number of fused-ring (bicyclic) bond motifs is 2. The number of carbonyl (C=O) groups is 4. The normalized spacial score (nSPS) is 19.0. The molecule has 42 heavy (non-hydrogen) atoms. The van der Waals surface area contributed by atoms with E-state index < -0.39 is 36.4 Å². The molecule has 0 unspecified atom stereocenters. The number of amides is 2. The highest BCUT2D eigenvalue weighted by molar-refractivity contribution is 6.35. The van der Waals surface area contributed by atoms with E-state index in [0.29, 0.717) is 60.8 Å². The van der Waals surface area contributed by atoms with Gasteiger partial charge in [-0.15, -0.1) is 0 Å². The monoisotopic (exact) mass is 588 g/mol. The van der Waals surface area contributed by atoms with Crippen molar-refractivity contribution in [1.29, 1.82) is 0 Å². The number of hydrogen-bond donors (Lipinski definition) is 6. The summed E-state index contributed by atoms with van der Waals surface area (Å²) in [5.74, 6) is -3.69. The Labute approximate surface area is 240 Å². The van der Waals surface area contributed by atoms with Crippen LogP contribution in [-0.4, -0.2) is 117 Å². The fourth-order valence-electron chi connectivity index (χ4n) is 5.08. The molecule has 2 atom stereocenters. The van der Waals surface area contributed by atoms with Gasteiger partial charge in [0.2, 0.25) is 0 Å². The average molecular weight is 589 g/mol. The number of carboxylic acids is 2. The molecule has 226 valence electrons. The van der Waals surface area contributed by atoms with Crippen LogP contribution in [0.25, 0.3) is 11.6 Å². The highest BCUT2D eigenvalue weighted by Crippen LogP contribution is 2.35. The van der Waals surface area contributed by atoms with Crippen LogP contribution in [0.3, 0.4) is 0 Å². The minimum Gasteiger partial charge on any atom is -0.481 e. The molecule has 0 aliphatic carbocycles. The van der Waals surface area contributed by atoms with Crippen molar-refractivity contribution < 1.29 is 48.7 Å². The molecule has 0 spiro atoms. The molecule has 13 nitrogen and oxygen atoms in total.